The van der Waals surface area contributed by atoms with Crippen LogP contribution in [0.4, 0.5) is 9.18 Å². The van der Waals surface area contributed by atoms with Crippen molar-refractivity contribution in [1.29, 1.82) is 0 Å². The molecule has 2 heterocycles. The molecule has 1 aliphatic rings. The number of aryl methyl sites for hydroxylation is 1. The fraction of sp³-hybridized carbons (Fsp3) is 0.500. The number of carbonyl (C=O) groups is 1. The van der Waals surface area contributed by atoms with Gasteiger partial charge >= 0.3 is 6.03 Å². The second-order valence-corrected chi connectivity index (χ2v) is 6.32. The normalized spacial score (nSPS) is 17.2. The number of carbonyl (C=O) groups excluding carboxylic acids is 1. The van der Waals surface area contributed by atoms with Gasteiger partial charge in [0.05, 0.1) is 6.04 Å². The number of likely N-dealkylation sites (N-methyl/N-ethyl adjacent to an activating group) is 1. The number of rotatable bonds is 3. The number of hydrogen-bond donors (Lipinski definition) is 1. The zero-order valence-corrected chi connectivity index (χ0v) is 14.4. The van der Waals surface area contributed by atoms with E-state index in [0.29, 0.717) is 11.3 Å². The predicted octanol–water partition coefficient (Wildman–Crippen LogP) is 3.29. The molecule has 1 aromatic heterocycles. The summed E-state index contributed by atoms with van der Waals surface area (Å²) in [6.45, 7) is 10.2. The zero-order valence-electron chi connectivity index (χ0n) is 14.4. The van der Waals surface area contributed by atoms with E-state index in [4.69, 9.17) is 4.42 Å². The molecule has 1 fully saturated rings. The molecule has 1 aromatic carbocycles. The number of urea groups is 1. The van der Waals surface area contributed by atoms with Crippen molar-refractivity contribution in [2.75, 3.05) is 32.7 Å². The maximum atomic E-state index is 13.4. The van der Waals surface area contributed by atoms with Crippen LogP contribution in [0.5, 0.6) is 0 Å². The Hall–Kier alpha value is -2.08. The third-order valence-electron chi connectivity index (χ3n) is 4.78. The molecule has 1 unspecified atom stereocenters. The van der Waals surface area contributed by atoms with Crippen LogP contribution < -0.4 is 5.32 Å². The topological polar surface area (TPSA) is 48.7 Å². The summed E-state index contributed by atoms with van der Waals surface area (Å²) >= 11 is 0. The highest BCUT2D eigenvalue weighted by Crippen LogP contribution is 2.30. The first-order valence-electron chi connectivity index (χ1n) is 8.46. The minimum Gasteiger partial charge on any atom is -0.459 e. The Morgan fingerprint density at radius 1 is 1.33 bits per heavy atom. The number of amides is 2. The van der Waals surface area contributed by atoms with E-state index in [0.717, 1.165) is 43.7 Å². The molecule has 130 valence electrons. The molecule has 5 nitrogen and oxygen atoms in total. The molecule has 0 bridgehead atoms. The van der Waals surface area contributed by atoms with Gasteiger partial charge in [0.15, 0.2) is 0 Å². The Balaban J connectivity index is 1.70. The van der Waals surface area contributed by atoms with E-state index in [9.17, 15) is 9.18 Å². The monoisotopic (exact) mass is 333 g/mol. The maximum absolute atomic E-state index is 13.4. The van der Waals surface area contributed by atoms with Crippen LogP contribution in [0.15, 0.2) is 22.6 Å². The fourth-order valence-electron chi connectivity index (χ4n) is 3.23. The van der Waals surface area contributed by atoms with Crippen molar-refractivity contribution in [2.24, 2.45) is 0 Å². The first kappa shape index (κ1) is 16.8. The van der Waals surface area contributed by atoms with Gasteiger partial charge in [-0.3, -0.25) is 0 Å². The number of furan rings is 1. The lowest BCUT2D eigenvalue weighted by Gasteiger charge is -2.34. The summed E-state index contributed by atoms with van der Waals surface area (Å²) in [6.07, 6.45) is 0. The summed E-state index contributed by atoms with van der Waals surface area (Å²) in [5.74, 6) is 0.388. The summed E-state index contributed by atoms with van der Waals surface area (Å²) in [5.41, 5.74) is 1.51. The van der Waals surface area contributed by atoms with Crippen molar-refractivity contribution in [3.8, 4) is 0 Å². The summed E-state index contributed by atoms with van der Waals surface area (Å²) in [4.78, 5) is 16.6. The van der Waals surface area contributed by atoms with E-state index in [-0.39, 0.29) is 17.9 Å². The van der Waals surface area contributed by atoms with Crippen molar-refractivity contribution in [1.82, 2.24) is 15.1 Å². The first-order valence-corrected chi connectivity index (χ1v) is 8.46. The summed E-state index contributed by atoms with van der Waals surface area (Å²) < 4.78 is 19.2. The largest absolute Gasteiger partial charge is 0.459 e. The molecule has 0 saturated carbocycles. The third-order valence-corrected chi connectivity index (χ3v) is 4.78. The molecular formula is C18H24FN3O2. The number of fused-ring (bicyclic) bond motifs is 1. The lowest BCUT2D eigenvalue weighted by atomic mass is 10.1. The molecule has 1 saturated heterocycles. The van der Waals surface area contributed by atoms with Gasteiger partial charge in [-0.1, -0.05) is 6.92 Å². The van der Waals surface area contributed by atoms with Crippen molar-refractivity contribution in [3.63, 3.8) is 0 Å². The van der Waals surface area contributed by atoms with Crippen LogP contribution in [0.3, 0.4) is 0 Å². The van der Waals surface area contributed by atoms with Gasteiger partial charge in [0.25, 0.3) is 0 Å². The number of benzene rings is 1. The standard InChI is InChI=1S/C18H24FN3O2/c1-4-21-7-9-22(10-8-21)18(23)20-13(3)17-12(2)15-11-14(19)5-6-16(15)24-17/h5-6,11,13H,4,7-10H2,1-3H3,(H,20,23). The van der Waals surface area contributed by atoms with E-state index < -0.39 is 0 Å². The van der Waals surface area contributed by atoms with Crippen molar-refractivity contribution >= 4 is 17.0 Å². The van der Waals surface area contributed by atoms with Crippen LogP contribution in [-0.4, -0.2) is 48.6 Å². The van der Waals surface area contributed by atoms with Gasteiger partial charge in [-0.25, -0.2) is 9.18 Å². The summed E-state index contributed by atoms with van der Waals surface area (Å²) in [5, 5.41) is 3.75. The zero-order chi connectivity index (χ0) is 17.3. The van der Waals surface area contributed by atoms with Gasteiger partial charge in [0.1, 0.15) is 17.2 Å². The molecular weight excluding hydrogens is 309 g/mol. The second kappa shape index (κ2) is 6.81. The molecule has 2 amide bonds. The van der Waals surface area contributed by atoms with Gasteiger partial charge in [-0.15, -0.1) is 0 Å². The van der Waals surface area contributed by atoms with Crippen LogP contribution in [-0.2, 0) is 0 Å². The molecule has 0 radical (unpaired) electrons. The summed E-state index contributed by atoms with van der Waals surface area (Å²) in [7, 11) is 0. The van der Waals surface area contributed by atoms with E-state index in [1.54, 1.807) is 6.07 Å². The molecule has 0 spiro atoms. The molecule has 0 aliphatic carbocycles. The number of nitrogens with zero attached hydrogens (tertiary/aromatic N) is 2. The van der Waals surface area contributed by atoms with Gasteiger partial charge in [-0.2, -0.15) is 0 Å². The van der Waals surface area contributed by atoms with Crippen LogP contribution in [0, 0.1) is 12.7 Å². The fourth-order valence-corrected chi connectivity index (χ4v) is 3.23. The van der Waals surface area contributed by atoms with Crippen molar-refractivity contribution in [3.05, 3.63) is 35.3 Å². The van der Waals surface area contributed by atoms with Gasteiger partial charge in [-0.05, 0) is 38.6 Å². The maximum Gasteiger partial charge on any atom is 0.318 e. The lowest BCUT2D eigenvalue weighted by Crippen LogP contribution is -2.51. The quantitative estimate of drug-likeness (QED) is 0.938. The summed E-state index contributed by atoms with van der Waals surface area (Å²) in [6, 6.07) is 4.13. The van der Waals surface area contributed by atoms with Crippen LogP contribution >= 0.6 is 0 Å². The second-order valence-electron chi connectivity index (χ2n) is 6.32. The molecule has 2 aromatic rings. The van der Waals surface area contributed by atoms with E-state index in [1.807, 2.05) is 18.7 Å². The SMILES string of the molecule is CCN1CCN(C(=O)NC(C)c2oc3ccc(F)cc3c2C)CC1. The molecule has 1 N–H and O–H groups in total. The molecule has 6 heteroatoms. The number of nitrogens with one attached hydrogen (secondary N) is 1. The average molecular weight is 333 g/mol. The molecule has 3 rings (SSSR count). The van der Waals surface area contributed by atoms with E-state index >= 15 is 0 Å². The highest BCUT2D eigenvalue weighted by Gasteiger charge is 2.24. The van der Waals surface area contributed by atoms with Gasteiger partial charge < -0.3 is 19.5 Å². The minimum absolute atomic E-state index is 0.0794. The minimum atomic E-state index is -0.288. The van der Waals surface area contributed by atoms with Crippen molar-refractivity contribution in [2.45, 2.75) is 26.8 Å². The van der Waals surface area contributed by atoms with Crippen LogP contribution in [0.2, 0.25) is 0 Å². The third kappa shape index (κ3) is 3.24. The Kier molecular flexibility index (Phi) is 4.76. The molecule has 1 atom stereocenters. The average Bonchev–Trinajstić information content (AvgIpc) is 2.91. The van der Waals surface area contributed by atoms with E-state index in [2.05, 4.69) is 17.1 Å². The Bertz CT molecular complexity index is 735. The van der Waals surface area contributed by atoms with Crippen LogP contribution in [0.1, 0.15) is 31.2 Å². The van der Waals surface area contributed by atoms with Gasteiger partial charge in [0, 0.05) is 37.1 Å². The van der Waals surface area contributed by atoms with E-state index in [1.165, 1.54) is 12.1 Å². The highest BCUT2D eigenvalue weighted by atomic mass is 19.1. The molecule has 1 aliphatic heterocycles. The van der Waals surface area contributed by atoms with Crippen molar-refractivity contribution < 1.29 is 13.6 Å². The Morgan fingerprint density at radius 2 is 2.04 bits per heavy atom. The predicted molar refractivity (Wildman–Crippen MR) is 91.5 cm³/mol. The molecule has 24 heavy (non-hydrogen) atoms. The van der Waals surface area contributed by atoms with Gasteiger partial charge in [0.2, 0.25) is 0 Å². The smallest absolute Gasteiger partial charge is 0.318 e. The Labute approximate surface area is 141 Å². The Morgan fingerprint density at radius 3 is 2.71 bits per heavy atom. The number of hydrogen-bond acceptors (Lipinski definition) is 3. The van der Waals surface area contributed by atoms with Crippen LogP contribution in [0.25, 0.3) is 11.0 Å². The number of halogens is 1. The number of piperazine rings is 1. The lowest BCUT2D eigenvalue weighted by molar-refractivity contribution is 0.140. The first-order chi connectivity index (χ1) is 11.5. The highest BCUT2D eigenvalue weighted by molar-refractivity contribution is 5.82.